The fraction of sp³-hybridized carbons (Fsp3) is 0.700. The Bertz CT molecular complexity index is 462. The zero-order valence-corrected chi connectivity index (χ0v) is 10.6. The fourth-order valence-electron chi connectivity index (χ4n) is 1.44. The zero-order valence-electron chi connectivity index (χ0n) is 10.6. The fourth-order valence-corrected chi connectivity index (χ4v) is 1.44. The number of anilines is 1. The third-order valence-corrected chi connectivity index (χ3v) is 2.40. The molecule has 0 fully saturated rings. The summed E-state index contributed by atoms with van der Waals surface area (Å²) in [5, 5.41) is 8.94. The highest BCUT2D eigenvalue weighted by molar-refractivity contribution is 5.30. The maximum absolute atomic E-state index is 11.5. The van der Waals surface area contributed by atoms with Crippen molar-refractivity contribution < 1.29 is 0 Å². The number of likely N-dealkylation sites (N-methyl/N-ethyl adjacent to an activating group) is 1. The quantitative estimate of drug-likeness (QED) is 0.643. The highest BCUT2D eigenvalue weighted by Crippen LogP contribution is 2.07. The van der Waals surface area contributed by atoms with E-state index in [2.05, 4.69) is 34.3 Å². The molecule has 0 radical (unpaired) electrons. The minimum atomic E-state index is -0.603. The van der Waals surface area contributed by atoms with E-state index in [9.17, 15) is 9.59 Å². The van der Waals surface area contributed by atoms with Gasteiger partial charge in [0.1, 0.15) is 0 Å². The van der Waals surface area contributed by atoms with Crippen molar-refractivity contribution in [3.8, 4) is 0 Å². The molecule has 1 unspecified atom stereocenters. The molecule has 1 aromatic rings. The van der Waals surface area contributed by atoms with Gasteiger partial charge in [0, 0.05) is 12.6 Å². The van der Waals surface area contributed by atoms with Crippen LogP contribution in [0.4, 0.5) is 5.82 Å². The highest BCUT2D eigenvalue weighted by Gasteiger charge is 2.16. The van der Waals surface area contributed by atoms with Crippen LogP contribution in [0.1, 0.15) is 13.8 Å². The van der Waals surface area contributed by atoms with Crippen LogP contribution >= 0.6 is 0 Å². The number of aromatic amines is 2. The first-order valence-electron chi connectivity index (χ1n) is 5.50. The van der Waals surface area contributed by atoms with Crippen molar-refractivity contribution in [3.63, 3.8) is 0 Å². The largest absolute Gasteiger partial charge is 0.360 e. The normalized spacial score (nSPS) is 13.1. The van der Waals surface area contributed by atoms with Gasteiger partial charge in [0.25, 0.3) is 5.56 Å². The summed E-state index contributed by atoms with van der Waals surface area (Å²) in [4.78, 5) is 26.5. The number of aromatic nitrogens is 3. The van der Waals surface area contributed by atoms with E-state index < -0.39 is 11.2 Å². The Balaban J connectivity index is 2.86. The summed E-state index contributed by atoms with van der Waals surface area (Å²) in [6.07, 6.45) is 0. The number of H-pyrrole nitrogens is 2. The third kappa shape index (κ3) is 4.03. The lowest BCUT2D eigenvalue weighted by Gasteiger charge is -2.25. The lowest BCUT2D eigenvalue weighted by atomic mass is 10.0. The summed E-state index contributed by atoms with van der Waals surface area (Å²) < 4.78 is 0. The predicted molar refractivity (Wildman–Crippen MR) is 66.3 cm³/mol. The maximum atomic E-state index is 11.5. The molecule has 0 aliphatic heterocycles. The molecule has 7 nitrogen and oxygen atoms in total. The monoisotopic (exact) mass is 241 g/mol. The van der Waals surface area contributed by atoms with Gasteiger partial charge in [-0.3, -0.25) is 9.78 Å². The molecule has 1 rings (SSSR count). The van der Waals surface area contributed by atoms with E-state index in [1.54, 1.807) is 0 Å². The van der Waals surface area contributed by atoms with Gasteiger partial charge in [-0.05, 0) is 20.0 Å². The van der Waals surface area contributed by atoms with Crippen LogP contribution in [0.15, 0.2) is 9.59 Å². The molecule has 0 aliphatic rings. The van der Waals surface area contributed by atoms with Crippen molar-refractivity contribution >= 4 is 5.82 Å². The predicted octanol–water partition coefficient (Wildman–Crippen LogP) is -0.544. The first-order valence-corrected chi connectivity index (χ1v) is 5.50. The summed E-state index contributed by atoms with van der Waals surface area (Å²) in [6.45, 7) is 4.89. The number of hydrogen-bond acceptors (Lipinski definition) is 5. The molecular formula is C10H19N5O2. The van der Waals surface area contributed by atoms with Crippen LogP contribution in [-0.2, 0) is 0 Å². The lowest BCUT2D eigenvalue weighted by Crippen LogP contribution is -2.39. The van der Waals surface area contributed by atoms with Gasteiger partial charge in [-0.25, -0.2) is 9.89 Å². The average molecular weight is 241 g/mol. The molecule has 0 saturated carbocycles. The second-order valence-corrected chi connectivity index (χ2v) is 4.61. The van der Waals surface area contributed by atoms with Gasteiger partial charge in [-0.2, -0.15) is 0 Å². The number of rotatable bonds is 5. The summed E-state index contributed by atoms with van der Waals surface area (Å²) in [6, 6.07) is 0.0875. The van der Waals surface area contributed by atoms with Gasteiger partial charge < -0.3 is 10.2 Å². The minimum absolute atomic E-state index is 0.0875. The van der Waals surface area contributed by atoms with Crippen LogP contribution in [0, 0.1) is 5.92 Å². The smallest absolute Gasteiger partial charge is 0.342 e. The molecule has 0 amide bonds. The van der Waals surface area contributed by atoms with Crippen LogP contribution in [0.5, 0.6) is 0 Å². The Morgan fingerprint density at radius 1 is 1.35 bits per heavy atom. The molecule has 0 bridgehead atoms. The summed E-state index contributed by atoms with van der Waals surface area (Å²) in [5.41, 5.74) is -1.10. The molecule has 1 heterocycles. The topological polar surface area (TPSA) is 93.9 Å². The Morgan fingerprint density at radius 3 is 2.47 bits per heavy atom. The van der Waals surface area contributed by atoms with Crippen molar-refractivity contribution in [1.29, 1.82) is 0 Å². The number of nitrogens with one attached hydrogen (secondary N) is 3. The average Bonchev–Trinajstić information content (AvgIpc) is 2.19. The van der Waals surface area contributed by atoms with Crippen LogP contribution in [0.2, 0.25) is 0 Å². The summed E-state index contributed by atoms with van der Waals surface area (Å²) >= 11 is 0. The Hall–Kier alpha value is -1.63. The second-order valence-electron chi connectivity index (χ2n) is 4.61. The molecule has 17 heavy (non-hydrogen) atoms. The van der Waals surface area contributed by atoms with Gasteiger partial charge in [0.2, 0.25) is 5.82 Å². The Morgan fingerprint density at radius 2 is 2.00 bits per heavy atom. The highest BCUT2D eigenvalue weighted by atomic mass is 16.2. The standard InChI is InChI=1S/C10H19N5O2/c1-6(2)7(5-15(3)4)11-8-9(16)12-10(17)14-13-8/h6-7H,5H2,1-4H3,(H,11,13)(H2,12,14,16,17). The van der Waals surface area contributed by atoms with Gasteiger partial charge >= 0.3 is 5.69 Å². The van der Waals surface area contributed by atoms with Crippen LogP contribution < -0.4 is 16.6 Å². The van der Waals surface area contributed by atoms with Crippen molar-refractivity contribution in [2.45, 2.75) is 19.9 Å². The third-order valence-electron chi connectivity index (χ3n) is 2.40. The molecule has 0 aromatic carbocycles. The first-order chi connectivity index (χ1) is 7.90. The first kappa shape index (κ1) is 13.4. The van der Waals surface area contributed by atoms with Crippen LogP contribution in [0.25, 0.3) is 0 Å². The molecule has 0 saturated heterocycles. The van der Waals surface area contributed by atoms with Gasteiger partial charge in [0.05, 0.1) is 0 Å². The van der Waals surface area contributed by atoms with E-state index in [-0.39, 0.29) is 11.9 Å². The molecule has 0 aliphatic carbocycles. The van der Waals surface area contributed by atoms with Crippen molar-refractivity contribution in [2.75, 3.05) is 26.0 Å². The van der Waals surface area contributed by atoms with Crippen molar-refractivity contribution in [2.24, 2.45) is 5.92 Å². The maximum Gasteiger partial charge on any atom is 0.342 e. The van der Waals surface area contributed by atoms with Crippen LogP contribution in [0.3, 0.4) is 0 Å². The zero-order chi connectivity index (χ0) is 13.0. The molecular weight excluding hydrogens is 222 g/mol. The number of hydrogen-bond donors (Lipinski definition) is 3. The van der Waals surface area contributed by atoms with E-state index in [4.69, 9.17) is 0 Å². The Kier molecular flexibility index (Phi) is 4.45. The minimum Gasteiger partial charge on any atom is -0.360 e. The Labute approximate surface area is 99.2 Å². The van der Waals surface area contributed by atoms with Crippen molar-refractivity contribution in [3.05, 3.63) is 20.8 Å². The lowest BCUT2D eigenvalue weighted by molar-refractivity contribution is 0.344. The van der Waals surface area contributed by atoms with E-state index in [0.29, 0.717) is 5.92 Å². The molecule has 0 spiro atoms. The molecule has 7 heteroatoms. The number of nitrogens with zero attached hydrogens (tertiary/aromatic N) is 2. The molecule has 1 atom stereocenters. The van der Waals surface area contributed by atoms with Crippen molar-refractivity contribution in [1.82, 2.24) is 20.1 Å². The summed E-state index contributed by atoms with van der Waals surface area (Å²) in [7, 11) is 3.92. The van der Waals surface area contributed by atoms with E-state index in [1.807, 2.05) is 19.0 Å². The SMILES string of the molecule is CC(C)C(CN(C)C)Nc1n[nH]c(=O)[nH]c1=O. The van der Waals surface area contributed by atoms with Crippen LogP contribution in [-0.4, -0.2) is 46.8 Å². The molecule has 3 N–H and O–H groups in total. The van der Waals surface area contributed by atoms with Gasteiger partial charge in [-0.15, -0.1) is 5.10 Å². The molecule has 96 valence electrons. The van der Waals surface area contributed by atoms with E-state index in [1.165, 1.54) is 0 Å². The van der Waals surface area contributed by atoms with Gasteiger partial charge in [0.15, 0.2) is 0 Å². The molecule has 1 aromatic heterocycles. The van der Waals surface area contributed by atoms with E-state index >= 15 is 0 Å². The summed E-state index contributed by atoms with van der Waals surface area (Å²) in [5.74, 6) is 0.482. The second kappa shape index (κ2) is 5.62. The van der Waals surface area contributed by atoms with E-state index in [0.717, 1.165) is 6.54 Å². The van der Waals surface area contributed by atoms with Gasteiger partial charge in [-0.1, -0.05) is 13.8 Å².